The van der Waals surface area contributed by atoms with Crippen molar-refractivity contribution in [2.75, 3.05) is 81.2 Å². The van der Waals surface area contributed by atoms with Crippen LogP contribution in [0.2, 0.25) is 0 Å². The van der Waals surface area contributed by atoms with Crippen LogP contribution in [-0.2, 0) is 20.7 Å². The average Bonchev–Trinajstić information content (AvgIpc) is 2.85. The summed E-state index contributed by atoms with van der Waals surface area (Å²) < 4.78 is 36.0. The summed E-state index contributed by atoms with van der Waals surface area (Å²) in [6.07, 6.45) is 8.98. The number of pyridine rings is 1. The first-order chi connectivity index (χ1) is 41.2. The summed E-state index contributed by atoms with van der Waals surface area (Å²) in [7, 11) is 0. The highest BCUT2D eigenvalue weighted by atomic mass is 32.2. The average molecular weight is 1180 g/mol. The predicted octanol–water partition coefficient (Wildman–Crippen LogP) is 9.89. The molecule has 19 nitrogen and oxygen atoms in total. The van der Waals surface area contributed by atoms with Gasteiger partial charge in [0.25, 0.3) is 0 Å². The van der Waals surface area contributed by atoms with Crippen LogP contribution in [-0.4, -0.2) is 159 Å². The number of nitrogens with one attached hydrogen (secondary N) is 2. The zero-order valence-corrected chi connectivity index (χ0v) is 50.0. The maximum Gasteiger partial charge on any atom is 0.409 e. The third-order valence-electron chi connectivity index (χ3n) is 19.1. The fourth-order valence-corrected chi connectivity index (χ4v) is 15.6. The summed E-state index contributed by atoms with van der Waals surface area (Å²) in [6, 6.07) is 19.1. The number of carbonyl (C=O) groups excluding carboxylic acids is 3. The summed E-state index contributed by atoms with van der Waals surface area (Å²) in [6.45, 7) is 15.2. The molecular weight excluding hydrogens is 1100 g/mol. The standard InChI is InChI=1S/C64H76FN12O7S/c1-6-40-10-7-11-43-28-47(78)29-48(54(40)43)56-55(65)57-49(31-66-56)59(75-32-44-17-18-45(33-75)69-44)71-62(70-57)82-34-46-19-21-64(20-9-23-77(46)64)35-83-63(81)74-26-24-73(25-27-74)52-30-51(84-72-52)53(37(2)3)61(80)76-22-8-12-50(76)60(79)68-38(4)41-13-15-42(16-14-41)58-39(5)67-36-85-58/h7,10-11,13-16,28-31,37-38,44-46,50,53,69,78H,6,8-9,12,17-27,32-36H2,1-5H3,(H,68,79)/q-1/t38-,44?,45?,46?,50-,53+,64?/m0/s1. The van der Waals surface area contributed by atoms with Gasteiger partial charge in [-0.2, -0.15) is 15.7 Å². The van der Waals surface area contributed by atoms with Crippen LogP contribution >= 0.6 is 11.8 Å². The van der Waals surface area contributed by atoms with Gasteiger partial charge in [-0.05, 0) is 122 Å². The highest BCUT2D eigenvalue weighted by Gasteiger charge is 2.51. The van der Waals surface area contributed by atoms with E-state index < -0.39 is 17.8 Å². The minimum absolute atomic E-state index is 0.00414. The molecule has 448 valence electrons. The highest BCUT2D eigenvalue weighted by molar-refractivity contribution is 8.08. The lowest BCUT2D eigenvalue weighted by atomic mass is 9.91. The summed E-state index contributed by atoms with van der Waals surface area (Å²) in [4.78, 5) is 68.0. The van der Waals surface area contributed by atoms with Gasteiger partial charge in [-0.1, -0.05) is 81.2 Å². The lowest BCUT2D eigenvalue weighted by molar-refractivity contribution is -0.141. The first-order valence-electron chi connectivity index (χ1n) is 30.6. The molecule has 0 saturated carbocycles. The van der Waals surface area contributed by atoms with Crippen LogP contribution in [0.25, 0.3) is 43.2 Å². The smallest absolute Gasteiger partial charge is 0.409 e. The zero-order chi connectivity index (χ0) is 58.7. The lowest BCUT2D eigenvalue weighted by Gasteiger charge is -2.37. The molecule has 3 amide bonds. The van der Waals surface area contributed by atoms with E-state index in [1.807, 2.05) is 64.1 Å². The third-order valence-corrected chi connectivity index (χ3v) is 20.2. The monoisotopic (exact) mass is 1180 g/mol. The number of anilines is 2. The van der Waals surface area contributed by atoms with Gasteiger partial charge in [-0.3, -0.25) is 19.5 Å². The van der Waals surface area contributed by atoms with Crippen molar-refractivity contribution in [1.82, 2.24) is 45.4 Å². The Morgan fingerprint density at radius 1 is 0.941 bits per heavy atom. The predicted molar refractivity (Wildman–Crippen MR) is 326 cm³/mol. The van der Waals surface area contributed by atoms with Crippen molar-refractivity contribution >= 4 is 67.9 Å². The maximum atomic E-state index is 17.3. The van der Waals surface area contributed by atoms with E-state index in [1.54, 1.807) is 39.9 Å². The molecule has 6 aromatic rings. The number of halogens is 1. The normalized spacial score (nSPS) is 24.0. The van der Waals surface area contributed by atoms with Crippen LogP contribution in [0, 0.1) is 11.7 Å². The number of allylic oxidation sites excluding steroid dienone is 1. The Morgan fingerprint density at radius 3 is 2.49 bits per heavy atom. The van der Waals surface area contributed by atoms with Gasteiger partial charge >= 0.3 is 12.1 Å². The van der Waals surface area contributed by atoms with Crippen LogP contribution < -0.4 is 25.2 Å². The molecular formula is C64H76FN12O7S-. The number of hydrogen-bond acceptors (Lipinski definition) is 16. The second kappa shape index (κ2) is 23.6. The van der Waals surface area contributed by atoms with Crippen molar-refractivity contribution in [1.29, 1.82) is 0 Å². The van der Waals surface area contributed by atoms with E-state index in [-0.39, 0.29) is 77.6 Å². The molecule has 85 heavy (non-hydrogen) atoms. The number of phenols is 1. The molecule has 0 aliphatic carbocycles. The number of likely N-dealkylation sites (tertiary alicyclic amines) is 1. The van der Waals surface area contributed by atoms with Crippen LogP contribution in [0.15, 0.2) is 77.1 Å². The molecule has 3 aromatic heterocycles. The Bertz CT molecular complexity index is 3550. The molecule has 0 spiro atoms. The Kier molecular flexibility index (Phi) is 15.8. The molecule has 3 N–H and O–H groups in total. The third kappa shape index (κ3) is 11.0. The molecule has 10 heterocycles. The van der Waals surface area contributed by atoms with Crippen LogP contribution in [0.4, 0.5) is 20.8 Å². The van der Waals surface area contributed by atoms with Crippen molar-refractivity contribution in [2.45, 2.75) is 134 Å². The molecule has 7 atom stereocenters. The number of aromatic nitrogens is 4. The van der Waals surface area contributed by atoms with Gasteiger partial charge < -0.3 is 54.7 Å². The number of benzene rings is 3. The Morgan fingerprint density at radius 2 is 1.74 bits per heavy atom. The topological polar surface area (TPSA) is 209 Å². The number of fused-ring (bicyclic) bond motifs is 5. The number of ether oxygens (including phenoxy) is 2. The molecule has 2 bridgehead atoms. The largest absolute Gasteiger partial charge is 0.679 e. The second-order valence-corrected chi connectivity index (χ2v) is 25.6. The van der Waals surface area contributed by atoms with Gasteiger partial charge in [0.15, 0.2) is 17.4 Å². The molecule has 7 aliphatic heterocycles. The molecule has 6 fully saturated rings. The number of nitrogens with zero attached hydrogens (tertiary/aromatic N) is 10. The molecule has 6 saturated heterocycles. The summed E-state index contributed by atoms with van der Waals surface area (Å²) in [5.74, 6) is 0.760. The number of aromatic hydroxyl groups is 1. The summed E-state index contributed by atoms with van der Waals surface area (Å²) in [5, 5.41) is 28.8. The minimum Gasteiger partial charge on any atom is -0.679 e. The molecule has 21 heteroatoms. The number of carbonyl (C=O) groups is 3. The lowest BCUT2D eigenvalue weighted by Crippen LogP contribution is -2.51. The van der Waals surface area contributed by atoms with E-state index in [4.69, 9.17) is 28.9 Å². The van der Waals surface area contributed by atoms with Crippen LogP contribution in [0.1, 0.15) is 120 Å². The van der Waals surface area contributed by atoms with E-state index in [0.29, 0.717) is 79.6 Å². The Hall–Kier alpha value is -7.23. The first kappa shape index (κ1) is 56.9. The van der Waals surface area contributed by atoms with E-state index in [9.17, 15) is 19.5 Å². The summed E-state index contributed by atoms with van der Waals surface area (Å²) in [5.41, 5.74) is 4.59. The van der Waals surface area contributed by atoms with Crippen molar-refractivity contribution < 1.29 is 37.9 Å². The van der Waals surface area contributed by atoms with Gasteiger partial charge in [0, 0.05) is 81.8 Å². The Labute approximate surface area is 499 Å². The van der Waals surface area contributed by atoms with Crippen LogP contribution in [0.5, 0.6) is 11.8 Å². The number of thioether (sulfide) groups is 1. The van der Waals surface area contributed by atoms with Crippen molar-refractivity contribution in [3.05, 3.63) is 106 Å². The number of hydrogen-bond donors (Lipinski definition) is 3. The Balaban J connectivity index is 0.630. The van der Waals surface area contributed by atoms with Crippen molar-refractivity contribution in [2.24, 2.45) is 5.92 Å². The second-order valence-electron chi connectivity index (χ2n) is 24.7. The number of rotatable bonds is 16. The molecule has 4 unspecified atom stereocenters. The van der Waals surface area contributed by atoms with Crippen molar-refractivity contribution in [3.63, 3.8) is 0 Å². The van der Waals surface area contributed by atoms with E-state index in [2.05, 4.69) is 54.9 Å². The van der Waals surface area contributed by atoms with Gasteiger partial charge in [-0.25, -0.2) is 9.18 Å². The molecule has 3 aromatic carbocycles. The fraction of sp³-hybridized carbons (Fsp3) is 0.516. The first-order valence-corrected chi connectivity index (χ1v) is 31.6. The number of amides is 3. The van der Waals surface area contributed by atoms with Crippen molar-refractivity contribution in [3.8, 4) is 23.0 Å². The molecule has 13 rings (SSSR count). The SMILES string of the molecule is CCc1cccc2cc(O)cc(-c3ncc4c(N5CC6CCC(C5)N6)nc(OCC5CCC6(COC(=O)N7CCN(c8cc([C@H](C(=O)N9CCC[C@H]9C(=O)N[C@@H](C)c9ccc(C%10=C(C)[N-]CS%10)cc9)C(C)C)on8)CC7)CCCN56)nc4c3F)c12. The number of phenolic OH excluding ortho intramolecular Hbond substituents is 1. The molecule has 0 radical (unpaired) electrons. The quantitative estimate of drug-likeness (QED) is 0.0824. The van der Waals surface area contributed by atoms with E-state index >= 15 is 4.39 Å². The zero-order valence-electron chi connectivity index (χ0n) is 49.2. The maximum absolute atomic E-state index is 17.3. The fourth-order valence-electron chi connectivity index (χ4n) is 14.6. The highest BCUT2D eigenvalue weighted by Crippen LogP contribution is 2.45. The van der Waals surface area contributed by atoms with Gasteiger partial charge in [0.05, 0.1) is 17.0 Å². The summed E-state index contributed by atoms with van der Waals surface area (Å²) >= 11 is 1.73. The van der Waals surface area contributed by atoms with E-state index in [1.165, 1.54) is 4.91 Å². The number of aryl methyl sites for hydroxylation is 1. The number of piperazine rings is 2. The molecule has 7 aliphatic rings. The van der Waals surface area contributed by atoms with Gasteiger partial charge in [0.1, 0.15) is 48.0 Å². The van der Waals surface area contributed by atoms with Crippen LogP contribution in [0.3, 0.4) is 0 Å². The van der Waals surface area contributed by atoms with E-state index in [0.717, 1.165) is 110 Å². The van der Waals surface area contributed by atoms with Gasteiger partial charge in [-0.15, -0.1) is 11.8 Å². The minimum atomic E-state index is -0.632. The van der Waals surface area contributed by atoms with Gasteiger partial charge in [0.2, 0.25) is 11.8 Å².